The van der Waals surface area contributed by atoms with E-state index in [0.717, 1.165) is 5.70 Å². The van der Waals surface area contributed by atoms with Gasteiger partial charge in [-0.2, -0.15) is 0 Å². The maximum absolute atomic E-state index is 12.3. The maximum Gasteiger partial charge on any atom is 0.278 e. The summed E-state index contributed by atoms with van der Waals surface area (Å²) in [7, 11) is 0. The van der Waals surface area contributed by atoms with Gasteiger partial charge in [0.05, 0.1) is 11.6 Å². The molecule has 0 N–H and O–H groups in total. The molecule has 4 heteroatoms. The lowest BCUT2D eigenvalue weighted by Crippen LogP contribution is -2.18. The third-order valence-corrected chi connectivity index (χ3v) is 3.31. The molecule has 0 saturated heterocycles. The zero-order chi connectivity index (χ0) is 12.9. The Morgan fingerprint density at radius 2 is 1.89 bits per heavy atom. The van der Waals surface area contributed by atoms with E-state index in [-0.39, 0.29) is 23.0 Å². The largest absolute Gasteiger partial charge is 0.858 e. The molecule has 0 fully saturated rings. The van der Waals surface area contributed by atoms with Crippen molar-refractivity contribution in [3.05, 3.63) is 46.8 Å². The number of allylic oxidation sites excluding steroid dienone is 2. The zero-order valence-electron chi connectivity index (χ0n) is 10.3. The van der Waals surface area contributed by atoms with Crippen molar-refractivity contribution in [1.29, 1.82) is 0 Å². The fourth-order valence-electron chi connectivity index (χ4n) is 2.54. The molecule has 1 unspecified atom stereocenters. The molecule has 1 aliphatic rings. The van der Waals surface area contributed by atoms with Crippen molar-refractivity contribution in [2.45, 2.75) is 19.9 Å². The monoisotopic (exact) mass is 241 g/mol. The second-order valence-electron chi connectivity index (χ2n) is 4.56. The molecule has 0 radical (unpaired) electrons. The van der Waals surface area contributed by atoms with Crippen LogP contribution in [0.1, 0.15) is 19.9 Å². The number of hydrogen-bond acceptors (Lipinski definition) is 2. The summed E-state index contributed by atoms with van der Waals surface area (Å²) in [6, 6.07) is 9.03. The average Bonchev–Trinajstić information content (AvgIpc) is 2.79. The normalized spacial score (nSPS) is 17.7. The second-order valence-corrected chi connectivity index (χ2v) is 4.56. The maximum atomic E-state index is 12.3. The van der Waals surface area contributed by atoms with Crippen LogP contribution in [0.15, 0.2) is 41.2 Å². The van der Waals surface area contributed by atoms with Crippen molar-refractivity contribution >= 4 is 5.70 Å². The minimum absolute atomic E-state index is 0.0670. The van der Waals surface area contributed by atoms with Gasteiger partial charge in [0.2, 0.25) is 0 Å². The topological polar surface area (TPSA) is 50.0 Å². The van der Waals surface area contributed by atoms with E-state index in [4.69, 9.17) is 0 Å². The van der Waals surface area contributed by atoms with Gasteiger partial charge in [0, 0.05) is 5.70 Å². The average molecular weight is 241 g/mol. The zero-order valence-corrected chi connectivity index (χ0v) is 10.3. The second kappa shape index (κ2) is 3.63. The standard InChI is InChI=1S/C14H14N2O2/c1-9-8-10(2)16-14(18)12(13(17)15(9)16)11-6-4-3-5-7-11/h3-9,17H,1-2H3/p-1. The summed E-state index contributed by atoms with van der Waals surface area (Å²) in [6.45, 7) is 3.75. The molecule has 92 valence electrons. The van der Waals surface area contributed by atoms with E-state index < -0.39 is 0 Å². The third-order valence-electron chi connectivity index (χ3n) is 3.31. The summed E-state index contributed by atoms with van der Waals surface area (Å²) in [5.41, 5.74) is 1.52. The van der Waals surface area contributed by atoms with E-state index in [1.165, 1.54) is 9.36 Å². The Morgan fingerprint density at radius 3 is 2.50 bits per heavy atom. The minimum Gasteiger partial charge on any atom is -0.858 e. The van der Waals surface area contributed by atoms with Crippen molar-refractivity contribution in [2.75, 3.05) is 0 Å². The van der Waals surface area contributed by atoms with Gasteiger partial charge in [-0.1, -0.05) is 30.3 Å². The molecule has 0 amide bonds. The van der Waals surface area contributed by atoms with Crippen LogP contribution in [-0.2, 0) is 0 Å². The highest BCUT2D eigenvalue weighted by Crippen LogP contribution is 2.32. The van der Waals surface area contributed by atoms with Crippen molar-refractivity contribution in [3.8, 4) is 17.0 Å². The van der Waals surface area contributed by atoms with Crippen LogP contribution in [0.5, 0.6) is 5.88 Å². The van der Waals surface area contributed by atoms with E-state index in [1.54, 1.807) is 12.1 Å². The summed E-state index contributed by atoms with van der Waals surface area (Å²) in [5, 5.41) is 12.3. The Morgan fingerprint density at radius 1 is 1.22 bits per heavy atom. The number of benzene rings is 1. The van der Waals surface area contributed by atoms with Crippen molar-refractivity contribution < 1.29 is 5.11 Å². The number of rotatable bonds is 1. The Bertz CT molecular complexity index is 693. The fraction of sp³-hybridized carbons (Fsp3) is 0.214. The van der Waals surface area contributed by atoms with E-state index in [9.17, 15) is 9.90 Å². The predicted molar refractivity (Wildman–Crippen MR) is 68.2 cm³/mol. The first-order valence-electron chi connectivity index (χ1n) is 5.90. The Balaban J connectivity index is 2.33. The highest BCUT2D eigenvalue weighted by Gasteiger charge is 2.23. The molecule has 18 heavy (non-hydrogen) atoms. The molecular weight excluding hydrogens is 228 g/mol. The number of aromatic nitrogens is 2. The van der Waals surface area contributed by atoms with Crippen molar-refractivity contribution in [2.24, 2.45) is 0 Å². The van der Waals surface area contributed by atoms with E-state index in [0.29, 0.717) is 5.56 Å². The SMILES string of the molecule is CC1=CC(C)n2c([O-])c(-c3ccccc3)c(=O)n21. The molecule has 2 heterocycles. The summed E-state index contributed by atoms with van der Waals surface area (Å²) in [5.74, 6) is -0.216. The lowest BCUT2D eigenvalue weighted by molar-refractivity contribution is -0.279. The van der Waals surface area contributed by atoms with Crippen LogP contribution >= 0.6 is 0 Å². The van der Waals surface area contributed by atoms with Crippen LogP contribution in [0.2, 0.25) is 0 Å². The molecule has 0 bridgehead atoms. The van der Waals surface area contributed by atoms with Crippen LogP contribution in [0.4, 0.5) is 0 Å². The van der Waals surface area contributed by atoms with Gasteiger partial charge in [-0.25, -0.2) is 4.68 Å². The summed E-state index contributed by atoms with van der Waals surface area (Å²) >= 11 is 0. The van der Waals surface area contributed by atoms with Crippen LogP contribution in [0, 0.1) is 0 Å². The quantitative estimate of drug-likeness (QED) is 0.764. The molecule has 4 nitrogen and oxygen atoms in total. The summed E-state index contributed by atoms with van der Waals surface area (Å²) < 4.78 is 2.98. The minimum atomic E-state index is -0.232. The van der Waals surface area contributed by atoms with Gasteiger partial charge in [0.25, 0.3) is 5.56 Å². The van der Waals surface area contributed by atoms with Gasteiger partial charge in [-0.3, -0.25) is 9.48 Å². The number of fused-ring (bicyclic) bond motifs is 1. The van der Waals surface area contributed by atoms with Gasteiger partial charge >= 0.3 is 0 Å². The van der Waals surface area contributed by atoms with Crippen molar-refractivity contribution in [3.63, 3.8) is 0 Å². The molecule has 1 aromatic heterocycles. The fourth-order valence-corrected chi connectivity index (χ4v) is 2.54. The van der Waals surface area contributed by atoms with Crippen LogP contribution in [0.3, 0.4) is 0 Å². The van der Waals surface area contributed by atoms with Gasteiger partial charge in [0.1, 0.15) is 0 Å². The molecule has 1 aliphatic heterocycles. The predicted octanol–water partition coefficient (Wildman–Crippen LogP) is 1.83. The van der Waals surface area contributed by atoms with E-state index >= 15 is 0 Å². The molecule has 1 aromatic carbocycles. The summed E-state index contributed by atoms with van der Waals surface area (Å²) in [4.78, 5) is 12.3. The molecule has 0 spiro atoms. The lowest BCUT2D eigenvalue weighted by atomic mass is 10.1. The molecular formula is C14H13N2O2-. The molecule has 2 aromatic rings. The van der Waals surface area contributed by atoms with Crippen LogP contribution in [-0.4, -0.2) is 9.36 Å². The van der Waals surface area contributed by atoms with E-state index in [1.807, 2.05) is 38.1 Å². The number of hydrogen-bond donors (Lipinski definition) is 0. The number of nitrogens with zero attached hydrogens (tertiary/aromatic N) is 2. The van der Waals surface area contributed by atoms with Crippen molar-refractivity contribution in [1.82, 2.24) is 9.36 Å². The highest BCUT2D eigenvalue weighted by molar-refractivity contribution is 5.69. The lowest BCUT2D eigenvalue weighted by Gasteiger charge is -2.16. The first-order valence-corrected chi connectivity index (χ1v) is 5.90. The van der Waals surface area contributed by atoms with Gasteiger partial charge < -0.3 is 5.11 Å². The Labute approximate surface area is 104 Å². The molecule has 1 atom stereocenters. The Kier molecular flexibility index (Phi) is 2.20. The van der Waals surface area contributed by atoms with Gasteiger partial charge in [0.15, 0.2) is 0 Å². The summed E-state index contributed by atoms with van der Waals surface area (Å²) in [6.07, 6.45) is 1.91. The molecule has 0 saturated carbocycles. The first kappa shape index (κ1) is 10.9. The molecule has 0 aliphatic carbocycles. The van der Waals surface area contributed by atoms with E-state index in [2.05, 4.69) is 0 Å². The van der Waals surface area contributed by atoms with Gasteiger partial charge in [-0.05, 0) is 31.4 Å². The smallest absolute Gasteiger partial charge is 0.278 e. The van der Waals surface area contributed by atoms with Crippen LogP contribution in [0.25, 0.3) is 16.8 Å². The highest BCUT2D eigenvalue weighted by atomic mass is 16.3. The first-order chi connectivity index (χ1) is 8.61. The van der Waals surface area contributed by atoms with Crippen LogP contribution < -0.4 is 10.7 Å². The van der Waals surface area contributed by atoms with Gasteiger partial charge in [-0.15, -0.1) is 0 Å². The third kappa shape index (κ3) is 1.29. The Hall–Kier alpha value is -2.23. The molecule has 3 rings (SSSR count).